The molecular formula is C13H18N6. The van der Waals surface area contributed by atoms with Crippen molar-refractivity contribution < 1.29 is 0 Å². The molecule has 100 valence electrons. The van der Waals surface area contributed by atoms with Crippen molar-refractivity contribution in [2.75, 3.05) is 30.3 Å². The summed E-state index contributed by atoms with van der Waals surface area (Å²) in [6.45, 7) is 3.16. The minimum Gasteiger partial charge on any atom is -0.370 e. The van der Waals surface area contributed by atoms with Gasteiger partial charge < -0.3 is 20.9 Å². The molecule has 0 radical (unpaired) electrons. The van der Waals surface area contributed by atoms with Crippen molar-refractivity contribution in [3.8, 4) is 0 Å². The zero-order chi connectivity index (χ0) is 12.9. The van der Waals surface area contributed by atoms with Crippen LogP contribution in [0.5, 0.6) is 0 Å². The lowest BCUT2D eigenvalue weighted by molar-refractivity contribution is 0.614. The average Bonchev–Trinajstić information content (AvgIpc) is 3.10. The van der Waals surface area contributed by atoms with Gasteiger partial charge in [0.05, 0.1) is 5.69 Å². The Hall–Kier alpha value is -2.08. The summed E-state index contributed by atoms with van der Waals surface area (Å²) in [5, 5.41) is 9.95. The zero-order valence-electron chi connectivity index (χ0n) is 10.7. The van der Waals surface area contributed by atoms with Crippen molar-refractivity contribution >= 4 is 17.3 Å². The first kappa shape index (κ1) is 12.0. The first-order valence-electron chi connectivity index (χ1n) is 6.56. The Balaban J connectivity index is 1.59. The smallest absolute Gasteiger partial charge is 0.135 e. The molecule has 1 saturated heterocycles. The van der Waals surface area contributed by atoms with E-state index < -0.39 is 0 Å². The van der Waals surface area contributed by atoms with E-state index in [4.69, 9.17) is 0 Å². The zero-order valence-corrected chi connectivity index (χ0v) is 10.7. The van der Waals surface area contributed by atoms with Gasteiger partial charge in [-0.05, 0) is 31.5 Å². The third-order valence-corrected chi connectivity index (χ3v) is 3.27. The van der Waals surface area contributed by atoms with E-state index in [9.17, 15) is 0 Å². The Bertz CT molecular complexity index is 504. The highest BCUT2D eigenvalue weighted by Gasteiger charge is 2.13. The lowest BCUT2D eigenvalue weighted by Gasteiger charge is -2.11. The first-order valence-corrected chi connectivity index (χ1v) is 6.56. The fourth-order valence-corrected chi connectivity index (χ4v) is 2.21. The van der Waals surface area contributed by atoms with Gasteiger partial charge in [0.2, 0.25) is 0 Å². The highest BCUT2D eigenvalue weighted by Crippen LogP contribution is 2.16. The lowest BCUT2D eigenvalue weighted by Crippen LogP contribution is -2.17. The van der Waals surface area contributed by atoms with E-state index in [1.807, 2.05) is 24.5 Å². The third kappa shape index (κ3) is 3.23. The molecule has 4 N–H and O–H groups in total. The van der Waals surface area contributed by atoms with Gasteiger partial charge in [-0.3, -0.25) is 0 Å². The third-order valence-electron chi connectivity index (χ3n) is 3.27. The second-order valence-electron chi connectivity index (χ2n) is 4.75. The van der Waals surface area contributed by atoms with Crippen LogP contribution in [0.15, 0.2) is 30.9 Å². The number of anilines is 3. The maximum Gasteiger partial charge on any atom is 0.135 e. The van der Waals surface area contributed by atoms with E-state index in [2.05, 4.69) is 30.9 Å². The van der Waals surface area contributed by atoms with Crippen LogP contribution in [0.3, 0.4) is 0 Å². The molecule has 1 fully saturated rings. The number of aromatic amines is 1. The average molecular weight is 258 g/mol. The summed E-state index contributed by atoms with van der Waals surface area (Å²) in [5.74, 6) is 2.35. The normalized spacial score (nSPS) is 18.4. The molecule has 0 bridgehead atoms. The number of H-pyrrole nitrogens is 1. The van der Waals surface area contributed by atoms with Gasteiger partial charge in [-0.25, -0.2) is 9.97 Å². The summed E-state index contributed by atoms with van der Waals surface area (Å²) >= 11 is 0. The van der Waals surface area contributed by atoms with Gasteiger partial charge in [-0.2, -0.15) is 0 Å². The highest BCUT2D eigenvalue weighted by molar-refractivity contribution is 5.57. The fraction of sp³-hybridized carbons (Fsp3) is 0.385. The van der Waals surface area contributed by atoms with Crippen LogP contribution in [0.1, 0.15) is 6.42 Å². The molecule has 19 heavy (non-hydrogen) atoms. The van der Waals surface area contributed by atoms with Crippen LogP contribution in [-0.4, -0.2) is 34.6 Å². The minimum atomic E-state index is 0.691. The number of aromatic nitrogens is 3. The topological polar surface area (TPSA) is 77.7 Å². The van der Waals surface area contributed by atoms with E-state index >= 15 is 0 Å². The van der Waals surface area contributed by atoms with E-state index in [1.54, 1.807) is 6.33 Å². The molecule has 6 nitrogen and oxygen atoms in total. The quantitative estimate of drug-likeness (QED) is 0.655. The molecule has 0 amide bonds. The van der Waals surface area contributed by atoms with Crippen LogP contribution in [0, 0.1) is 5.92 Å². The van der Waals surface area contributed by atoms with Gasteiger partial charge in [0, 0.05) is 25.0 Å². The Labute approximate surface area is 112 Å². The monoisotopic (exact) mass is 258 g/mol. The molecule has 0 aliphatic carbocycles. The summed E-state index contributed by atoms with van der Waals surface area (Å²) in [4.78, 5) is 11.4. The van der Waals surface area contributed by atoms with Crippen LogP contribution in [-0.2, 0) is 0 Å². The van der Waals surface area contributed by atoms with Crippen molar-refractivity contribution in [2.24, 2.45) is 5.92 Å². The highest BCUT2D eigenvalue weighted by atomic mass is 15.1. The summed E-state index contributed by atoms with van der Waals surface area (Å²) in [6.07, 6.45) is 6.56. The maximum absolute atomic E-state index is 4.24. The van der Waals surface area contributed by atoms with Crippen molar-refractivity contribution in [1.82, 2.24) is 20.3 Å². The van der Waals surface area contributed by atoms with E-state index in [-0.39, 0.29) is 0 Å². The van der Waals surface area contributed by atoms with E-state index in [1.165, 1.54) is 6.42 Å². The van der Waals surface area contributed by atoms with Crippen molar-refractivity contribution in [3.63, 3.8) is 0 Å². The van der Waals surface area contributed by atoms with Crippen LogP contribution in [0.4, 0.5) is 17.3 Å². The van der Waals surface area contributed by atoms with Gasteiger partial charge in [0.25, 0.3) is 0 Å². The molecule has 0 spiro atoms. The van der Waals surface area contributed by atoms with Crippen LogP contribution in [0.2, 0.25) is 0 Å². The molecule has 1 aliphatic rings. The predicted molar refractivity (Wildman–Crippen MR) is 75.6 cm³/mol. The Morgan fingerprint density at radius 1 is 1.32 bits per heavy atom. The number of nitrogens with zero attached hydrogens (tertiary/aromatic N) is 2. The minimum absolute atomic E-state index is 0.691. The molecular weight excluding hydrogens is 240 g/mol. The van der Waals surface area contributed by atoms with Crippen LogP contribution in [0.25, 0.3) is 0 Å². The summed E-state index contributed by atoms with van der Waals surface area (Å²) in [6, 6.07) is 3.88. The molecule has 1 unspecified atom stereocenters. The van der Waals surface area contributed by atoms with Gasteiger partial charge >= 0.3 is 0 Å². The Kier molecular flexibility index (Phi) is 3.60. The van der Waals surface area contributed by atoms with Crippen LogP contribution < -0.4 is 16.0 Å². The standard InChI is InChI=1S/C13H18N6/c1-3-14-6-10(1)7-16-12-5-13(18-9-17-12)19-11-2-4-15-8-11/h2,4-5,8-10,14-15H,1,3,6-7H2,(H2,16,17,18,19). The second kappa shape index (κ2) is 5.71. The van der Waals surface area contributed by atoms with Gasteiger partial charge in [-0.1, -0.05) is 0 Å². The maximum atomic E-state index is 4.24. The molecule has 0 saturated carbocycles. The van der Waals surface area contributed by atoms with Gasteiger partial charge in [-0.15, -0.1) is 0 Å². The first-order chi connectivity index (χ1) is 9.40. The van der Waals surface area contributed by atoms with Gasteiger partial charge in [0.1, 0.15) is 18.0 Å². The predicted octanol–water partition coefficient (Wildman–Crippen LogP) is 1.57. The molecule has 3 heterocycles. The molecule has 0 aromatic carbocycles. The SMILES string of the molecule is c1nc(NCC2CCNC2)cc(Nc2cc[nH]c2)n1. The molecule has 3 rings (SSSR count). The van der Waals surface area contributed by atoms with Crippen molar-refractivity contribution in [2.45, 2.75) is 6.42 Å². The molecule has 1 aliphatic heterocycles. The number of nitrogens with one attached hydrogen (secondary N) is 4. The van der Waals surface area contributed by atoms with E-state index in [0.717, 1.165) is 37.0 Å². The molecule has 2 aromatic heterocycles. The van der Waals surface area contributed by atoms with Crippen molar-refractivity contribution in [1.29, 1.82) is 0 Å². The number of hydrogen-bond acceptors (Lipinski definition) is 5. The Morgan fingerprint density at radius 3 is 3.05 bits per heavy atom. The largest absolute Gasteiger partial charge is 0.370 e. The summed E-state index contributed by atoms with van der Waals surface area (Å²) in [5.41, 5.74) is 0.990. The van der Waals surface area contributed by atoms with E-state index in [0.29, 0.717) is 5.92 Å². The summed E-state index contributed by atoms with van der Waals surface area (Å²) in [7, 11) is 0. The second-order valence-corrected chi connectivity index (χ2v) is 4.75. The fourth-order valence-electron chi connectivity index (χ4n) is 2.21. The number of rotatable bonds is 5. The molecule has 6 heteroatoms. The number of hydrogen-bond donors (Lipinski definition) is 4. The Morgan fingerprint density at radius 2 is 2.26 bits per heavy atom. The van der Waals surface area contributed by atoms with Crippen molar-refractivity contribution in [3.05, 3.63) is 30.9 Å². The molecule has 2 aromatic rings. The molecule has 1 atom stereocenters. The van der Waals surface area contributed by atoms with Gasteiger partial charge in [0.15, 0.2) is 0 Å². The summed E-state index contributed by atoms with van der Waals surface area (Å²) < 4.78 is 0. The lowest BCUT2D eigenvalue weighted by atomic mass is 10.1. The van der Waals surface area contributed by atoms with Crippen LogP contribution >= 0.6 is 0 Å².